The lowest BCUT2D eigenvalue weighted by molar-refractivity contribution is -0.116. The van der Waals surface area contributed by atoms with E-state index in [4.69, 9.17) is 0 Å². The number of aromatic amines is 1. The van der Waals surface area contributed by atoms with Crippen LogP contribution in [-0.2, 0) is 21.2 Å². The number of hydrogen-bond donors (Lipinski definition) is 3. The summed E-state index contributed by atoms with van der Waals surface area (Å²) in [6.07, 6.45) is 3.74. The van der Waals surface area contributed by atoms with Crippen LogP contribution in [0, 0.1) is 0 Å². The normalized spacial score (nSPS) is 11.3. The molecule has 1 aromatic heterocycles. The van der Waals surface area contributed by atoms with Gasteiger partial charge in [0.15, 0.2) is 0 Å². The van der Waals surface area contributed by atoms with E-state index in [1.807, 2.05) is 6.92 Å². The van der Waals surface area contributed by atoms with Gasteiger partial charge in [0.05, 0.1) is 4.90 Å². The maximum atomic E-state index is 12.2. The van der Waals surface area contributed by atoms with Crippen LogP contribution in [0.5, 0.6) is 0 Å². The smallest absolute Gasteiger partial charge is 0.240 e. The molecule has 0 spiro atoms. The highest BCUT2D eigenvalue weighted by atomic mass is 32.2. The van der Waals surface area contributed by atoms with Crippen LogP contribution in [0.4, 0.5) is 5.95 Å². The van der Waals surface area contributed by atoms with Crippen LogP contribution in [-0.4, -0.2) is 30.8 Å². The van der Waals surface area contributed by atoms with Gasteiger partial charge in [0.25, 0.3) is 0 Å². The van der Waals surface area contributed by atoms with E-state index in [0.717, 1.165) is 5.56 Å². The molecular formula is C14H18N4O3S. The monoisotopic (exact) mass is 322 g/mol. The molecule has 3 N–H and O–H groups in total. The number of aromatic nitrogens is 2. The molecule has 0 aliphatic rings. The van der Waals surface area contributed by atoms with Crippen LogP contribution in [0.25, 0.3) is 0 Å². The zero-order valence-electron chi connectivity index (χ0n) is 12.2. The first-order valence-corrected chi connectivity index (χ1v) is 8.38. The van der Waals surface area contributed by atoms with Gasteiger partial charge in [-0.15, -0.1) is 0 Å². The van der Waals surface area contributed by atoms with E-state index in [1.54, 1.807) is 30.5 Å². The predicted octanol–water partition coefficient (Wildman–Crippen LogP) is 1.28. The highest BCUT2D eigenvalue weighted by molar-refractivity contribution is 7.89. The molecule has 1 amide bonds. The molecule has 8 heteroatoms. The van der Waals surface area contributed by atoms with Crippen molar-refractivity contribution in [3.05, 3.63) is 42.2 Å². The third-order valence-corrected chi connectivity index (χ3v) is 4.60. The molecular weight excluding hydrogens is 304 g/mol. The standard InChI is InChI=1S/C14H18N4O3S/c1-2-11-5-3-4-6-12(11)22(20,21)17-8-7-13(19)18-14-15-9-10-16-14/h3-6,9-10,17H,2,7-8H2,1H3,(H2,15,16,18,19). The summed E-state index contributed by atoms with van der Waals surface area (Å²) in [6.45, 7) is 1.91. The third kappa shape index (κ3) is 4.15. The topological polar surface area (TPSA) is 104 Å². The van der Waals surface area contributed by atoms with Crippen molar-refractivity contribution in [1.82, 2.24) is 14.7 Å². The van der Waals surface area contributed by atoms with Gasteiger partial charge in [-0.3, -0.25) is 10.1 Å². The summed E-state index contributed by atoms with van der Waals surface area (Å²) in [5, 5.41) is 2.53. The average molecular weight is 322 g/mol. The SMILES string of the molecule is CCc1ccccc1S(=O)(=O)NCCC(=O)Nc1ncc[nH]1. The summed E-state index contributed by atoms with van der Waals surface area (Å²) >= 11 is 0. The van der Waals surface area contributed by atoms with E-state index in [0.29, 0.717) is 12.4 Å². The van der Waals surface area contributed by atoms with Crippen molar-refractivity contribution in [1.29, 1.82) is 0 Å². The minimum atomic E-state index is -3.61. The van der Waals surface area contributed by atoms with Crippen molar-refractivity contribution in [3.8, 4) is 0 Å². The Morgan fingerprint density at radius 3 is 2.77 bits per heavy atom. The molecule has 0 saturated heterocycles. The van der Waals surface area contributed by atoms with E-state index in [9.17, 15) is 13.2 Å². The lowest BCUT2D eigenvalue weighted by atomic mass is 10.2. The summed E-state index contributed by atoms with van der Waals surface area (Å²) in [7, 11) is -3.61. The van der Waals surface area contributed by atoms with Crippen LogP contribution in [0.1, 0.15) is 18.9 Å². The lowest BCUT2D eigenvalue weighted by Crippen LogP contribution is -2.28. The molecule has 22 heavy (non-hydrogen) atoms. The maximum Gasteiger partial charge on any atom is 0.240 e. The van der Waals surface area contributed by atoms with Crippen LogP contribution in [0.15, 0.2) is 41.6 Å². The number of amides is 1. The molecule has 0 aliphatic carbocycles. The highest BCUT2D eigenvalue weighted by Gasteiger charge is 2.17. The van der Waals surface area contributed by atoms with E-state index in [1.165, 1.54) is 6.20 Å². The molecule has 0 saturated carbocycles. The van der Waals surface area contributed by atoms with E-state index < -0.39 is 10.0 Å². The third-order valence-electron chi connectivity index (χ3n) is 3.04. The highest BCUT2D eigenvalue weighted by Crippen LogP contribution is 2.15. The molecule has 1 heterocycles. The van der Waals surface area contributed by atoms with Gasteiger partial charge in [0.2, 0.25) is 21.9 Å². The number of imidazole rings is 1. The number of carbonyl (C=O) groups is 1. The number of anilines is 1. The van der Waals surface area contributed by atoms with Crippen molar-refractivity contribution in [2.45, 2.75) is 24.7 Å². The Morgan fingerprint density at radius 1 is 1.32 bits per heavy atom. The molecule has 0 aliphatic heterocycles. The van der Waals surface area contributed by atoms with Gasteiger partial charge in [-0.1, -0.05) is 25.1 Å². The minimum Gasteiger partial charge on any atom is -0.331 e. The molecule has 0 atom stereocenters. The van der Waals surface area contributed by atoms with Crippen molar-refractivity contribution in [2.24, 2.45) is 0 Å². The van der Waals surface area contributed by atoms with Crippen LogP contribution < -0.4 is 10.0 Å². The number of nitrogens with one attached hydrogen (secondary N) is 3. The Morgan fingerprint density at radius 2 is 2.09 bits per heavy atom. The minimum absolute atomic E-state index is 0.0208. The first kappa shape index (κ1) is 16.2. The van der Waals surface area contributed by atoms with Gasteiger partial charge in [-0.05, 0) is 18.1 Å². The summed E-state index contributed by atoms with van der Waals surface area (Å²) in [6, 6.07) is 6.81. The first-order valence-electron chi connectivity index (χ1n) is 6.89. The Balaban J connectivity index is 1.91. The number of benzene rings is 1. The molecule has 0 radical (unpaired) electrons. The fraction of sp³-hybridized carbons (Fsp3) is 0.286. The van der Waals surface area contributed by atoms with Gasteiger partial charge < -0.3 is 4.98 Å². The summed E-state index contributed by atoms with van der Waals surface area (Å²) < 4.78 is 26.9. The maximum absolute atomic E-state index is 12.2. The van der Waals surface area contributed by atoms with Crippen LogP contribution in [0.3, 0.4) is 0 Å². The van der Waals surface area contributed by atoms with E-state index >= 15 is 0 Å². The van der Waals surface area contributed by atoms with Gasteiger partial charge in [0.1, 0.15) is 0 Å². The molecule has 7 nitrogen and oxygen atoms in total. The lowest BCUT2D eigenvalue weighted by Gasteiger charge is -2.10. The summed E-state index contributed by atoms with van der Waals surface area (Å²) in [5.74, 6) is 0.0191. The second kappa shape index (κ2) is 7.19. The molecule has 2 rings (SSSR count). The number of hydrogen-bond acceptors (Lipinski definition) is 4. The number of rotatable bonds is 7. The molecule has 1 aromatic carbocycles. The zero-order chi connectivity index (χ0) is 16.0. The quantitative estimate of drug-likeness (QED) is 0.714. The van der Waals surface area contributed by atoms with E-state index in [-0.39, 0.29) is 23.8 Å². The largest absolute Gasteiger partial charge is 0.331 e. The van der Waals surface area contributed by atoms with Crippen molar-refractivity contribution >= 4 is 21.9 Å². The van der Waals surface area contributed by atoms with E-state index in [2.05, 4.69) is 20.0 Å². The fourth-order valence-electron chi connectivity index (χ4n) is 1.96. The Bertz CT molecular complexity index is 726. The molecule has 2 aromatic rings. The molecule has 0 bridgehead atoms. The second-order valence-electron chi connectivity index (χ2n) is 4.60. The van der Waals surface area contributed by atoms with Gasteiger partial charge in [-0.2, -0.15) is 0 Å². The van der Waals surface area contributed by atoms with Gasteiger partial charge in [-0.25, -0.2) is 18.1 Å². The number of H-pyrrole nitrogens is 1. The van der Waals surface area contributed by atoms with Crippen molar-refractivity contribution in [3.63, 3.8) is 0 Å². The number of aryl methyl sites for hydroxylation is 1. The van der Waals surface area contributed by atoms with Crippen molar-refractivity contribution < 1.29 is 13.2 Å². The van der Waals surface area contributed by atoms with Gasteiger partial charge >= 0.3 is 0 Å². The number of nitrogens with zero attached hydrogens (tertiary/aromatic N) is 1. The Kier molecular flexibility index (Phi) is 5.29. The summed E-state index contributed by atoms with van der Waals surface area (Å²) in [5.41, 5.74) is 0.745. The Labute approximate surface area is 129 Å². The van der Waals surface area contributed by atoms with Gasteiger partial charge in [0, 0.05) is 25.4 Å². The fourth-order valence-corrected chi connectivity index (χ4v) is 3.30. The Hall–Kier alpha value is -2.19. The van der Waals surface area contributed by atoms with Crippen molar-refractivity contribution in [2.75, 3.05) is 11.9 Å². The van der Waals surface area contributed by atoms with Crippen LogP contribution >= 0.6 is 0 Å². The predicted molar refractivity (Wildman–Crippen MR) is 82.8 cm³/mol. The number of sulfonamides is 1. The molecule has 118 valence electrons. The molecule has 0 unspecified atom stereocenters. The first-order chi connectivity index (χ1) is 10.5. The number of carbonyl (C=O) groups excluding carboxylic acids is 1. The second-order valence-corrected chi connectivity index (χ2v) is 6.33. The van der Waals surface area contributed by atoms with Crippen LogP contribution in [0.2, 0.25) is 0 Å². The molecule has 0 fully saturated rings. The summed E-state index contributed by atoms with van der Waals surface area (Å²) in [4.78, 5) is 18.5. The average Bonchev–Trinajstić information content (AvgIpc) is 2.99. The zero-order valence-corrected chi connectivity index (χ0v) is 13.0.